The summed E-state index contributed by atoms with van der Waals surface area (Å²) >= 11 is 0. The molecule has 0 bridgehead atoms. The van der Waals surface area contributed by atoms with Crippen LogP contribution in [-0.4, -0.2) is 39.3 Å². The summed E-state index contributed by atoms with van der Waals surface area (Å²) in [6, 6.07) is 8.22. The summed E-state index contributed by atoms with van der Waals surface area (Å²) in [4.78, 5) is 4.22. The Morgan fingerprint density at radius 2 is 1.95 bits per heavy atom. The van der Waals surface area contributed by atoms with Gasteiger partial charge < -0.3 is 20.1 Å². The lowest BCUT2D eigenvalue weighted by atomic mass is 10.3. The summed E-state index contributed by atoms with van der Waals surface area (Å²) in [6.07, 6.45) is 2.16. The fraction of sp³-hybridized carbons (Fsp3) is 0.562. The van der Waals surface area contributed by atoms with Crippen molar-refractivity contribution >= 4 is 5.96 Å². The van der Waals surface area contributed by atoms with Crippen molar-refractivity contribution < 1.29 is 9.47 Å². The van der Waals surface area contributed by atoms with Crippen LogP contribution in [0.4, 0.5) is 0 Å². The summed E-state index contributed by atoms with van der Waals surface area (Å²) in [5, 5.41) is 6.70. The molecule has 2 rings (SSSR count). The van der Waals surface area contributed by atoms with E-state index in [1.54, 1.807) is 14.2 Å². The highest BCUT2D eigenvalue weighted by atomic mass is 16.5. The Labute approximate surface area is 126 Å². The highest BCUT2D eigenvalue weighted by Gasteiger charge is 2.33. The second-order valence-corrected chi connectivity index (χ2v) is 5.34. The van der Waals surface area contributed by atoms with E-state index >= 15 is 0 Å². The molecule has 116 valence electrons. The van der Waals surface area contributed by atoms with Gasteiger partial charge >= 0.3 is 0 Å². The van der Waals surface area contributed by atoms with Gasteiger partial charge in [-0.3, -0.25) is 4.99 Å². The molecule has 0 aromatic heterocycles. The molecule has 5 heteroatoms. The molecule has 1 aromatic rings. The Balaban J connectivity index is 1.58. The third-order valence-electron chi connectivity index (χ3n) is 3.60. The van der Waals surface area contributed by atoms with E-state index in [9.17, 15) is 0 Å². The van der Waals surface area contributed by atoms with Crippen LogP contribution in [0.2, 0.25) is 0 Å². The maximum atomic E-state index is 5.68. The van der Waals surface area contributed by atoms with Crippen molar-refractivity contribution in [2.75, 3.05) is 27.3 Å². The Kier molecular flexibility index (Phi) is 5.72. The molecule has 2 unspecified atom stereocenters. The van der Waals surface area contributed by atoms with Crippen LogP contribution < -0.4 is 20.1 Å². The van der Waals surface area contributed by atoms with E-state index in [-0.39, 0.29) is 0 Å². The Morgan fingerprint density at radius 3 is 2.52 bits per heavy atom. The number of hydrogen-bond donors (Lipinski definition) is 2. The third-order valence-corrected chi connectivity index (χ3v) is 3.60. The average molecular weight is 291 g/mol. The van der Waals surface area contributed by atoms with E-state index in [2.05, 4.69) is 22.5 Å². The zero-order valence-corrected chi connectivity index (χ0v) is 13.1. The molecule has 1 aromatic carbocycles. The first kappa shape index (κ1) is 15.5. The quantitative estimate of drug-likeness (QED) is 0.458. The number of methoxy groups -OCH3 is 1. The molecule has 0 aliphatic heterocycles. The first-order valence-electron chi connectivity index (χ1n) is 7.47. The van der Waals surface area contributed by atoms with E-state index in [1.807, 2.05) is 24.3 Å². The fourth-order valence-corrected chi connectivity index (χ4v) is 2.03. The molecular weight excluding hydrogens is 266 g/mol. The van der Waals surface area contributed by atoms with Gasteiger partial charge in [-0.25, -0.2) is 0 Å². The van der Waals surface area contributed by atoms with Crippen LogP contribution >= 0.6 is 0 Å². The van der Waals surface area contributed by atoms with Crippen LogP contribution in [0.25, 0.3) is 0 Å². The fourth-order valence-electron chi connectivity index (χ4n) is 2.03. The molecule has 1 aliphatic rings. The van der Waals surface area contributed by atoms with E-state index in [0.29, 0.717) is 12.6 Å². The number of ether oxygens (including phenoxy) is 2. The van der Waals surface area contributed by atoms with Gasteiger partial charge in [-0.15, -0.1) is 0 Å². The highest BCUT2D eigenvalue weighted by Crippen LogP contribution is 2.28. The van der Waals surface area contributed by atoms with Crippen LogP contribution in [0.1, 0.15) is 19.8 Å². The normalized spacial score (nSPS) is 20.8. The van der Waals surface area contributed by atoms with Gasteiger partial charge in [0.05, 0.1) is 13.7 Å². The molecule has 0 spiro atoms. The predicted molar refractivity (Wildman–Crippen MR) is 85.2 cm³/mol. The first-order chi connectivity index (χ1) is 10.2. The van der Waals surface area contributed by atoms with Crippen molar-refractivity contribution in [3.8, 4) is 11.5 Å². The molecule has 21 heavy (non-hydrogen) atoms. The van der Waals surface area contributed by atoms with Gasteiger partial charge in [0, 0.05) is 19.6 Å². The number of guanidine groups is 1. The maximum Gasteiger partial charge on any atom is 0.191 e. The SMILES string of the molecule is CN=C(NCCCOc1ccc(OC)cc1)NC1CC1C. The molecule has 0 radical (unpaired) electrons. The molecule has 1 fully saturated rings. The van der Waals surface area contributed by atoms with Gasteiger partial charge in [-0.2, -0.15) is 0 Å². The van der Waals surface area contributed by atoms with E-state index in [1.165, 1.54) is 6.42 Å². The summed E-state index contributed by atoms with van der Waals surface area (Å²) in [6.45, 7) is 3.76. The minimum absolute atomic E-state index is 0.590. The molecular formula is C16H25N3O2. The topological polar surface area (TPSA) is 54.9 Å². The summed E-state index contributed by atoms with van der Waals surface area (Å²) in [5.74, 6) is 3.36. The number of benzene rings is 1. The van der Waals surface area contributed by atoms with Crippen molar-refractivity contribution in [1.82, 2.24) is 10.6 Å². The van der Waals surface area contributed by atoms with Crippen LogP contribution in [0.5, 0.6) is 11.5 Å². The van der Waals surface area contributed by atoms with Crippen LogP contribution in [0.15, 0.2) is 29.3 Å². The molecule has 1 aliphatic carbocycles. The molecule has 1 saturated carbocycles. The Hall–Kier alpha value is -1.91. The average Bonchev–Trinajstić information content (AvgIpc) is 3.21. The second kappa shape index (κ2) is 7.76. The van der Waals surface area contributed by atoms with Gasteiger partial charge in [0.1, 0.15) is 11.5 Å². The highest BCUT2D eigenvalue weighted by molar-refractivity contribution is 5.80. The number of hydrogen-bond acceptors (Lipinski definition) is 3. The van der Waals surface area contributed by atoms with Gasteiger partial charge in [0.2, 0.25) is 0 Å². The molecule has 0 amide bonds. The van der Waals surface area contributed by atoms with Crippen LogP contribution in [-0.2, 0) is 0 Å². The van der Waals surface area contributed by atoms with E-state index in [0.717, 1.165) is 36.3 Å². The predicted octanol–water partition coefficient (Wildman–Crippen LogP) is 2.04. The number of aliphatic imine (C=N–C) groups is 1. The zero-order chi connectivity index (χ0) is 15.1. The van der Waals surface area contributed by atoms with Crippen LogP contribution in [0, 0.1) is 5.92 Å². The van der Waals surface area contributed by atoms with Gasteiger partial charge in [-0.1, -0.05) is 6.92 Å². The number of nitrogens with one attached hydrogen (secondary N) is 2. The van der Waals surface area contributed by atoms with E-state index in [4.69, 9.17) is 9.47 Å². The van der Waals surface area contributed by atoms with Crippen molar-refractivity contribution in [2.45, 2.75) is 25.8 Å². The summed E-state index contributed by atoms with van der Waals surface area (Å²) < 4.78 is 10.8. The Morgan fingerprint density at radius 1 is 1.29 bits per heavy atom. The standard InChI is InChI=1S/C16H25N3O2/c1-12-11-15(12)19-16(17-2)18-9-4-10-21-14-7-5-13(20-3)6-8-14/h5-8,12,15H,4,9-11H2,1-3H3,(H2,17,18,19). The van der Waals surface area contributed by atoms with Crippen molar-refractivity contribution in [3.63, 3.8) is 0 Å². The van der Waals surface area contributed by atoms with Gasteiger partial charge in [0.25, 0.3) is 0 Å². The van der Waals surface area contributed by atoms with Gasteiger partial charge in [-0.05, 0) is 43.0 Å². The molecule has 0 heterocycles. The number of nitrogens with zero attached hydrogens (tertiary/aromatic N) is 1. The molecule has 2 atom stereocenters. The molecule has 2 N–H and O–H groups in total. The lowest BCUT2D eigenvalue weighted by Crippen LogP contribution is -2.39. The minimum Gasteiger partial charge on any atom is -0.497 e. The summed E-state index contributed by atoms with van der Waals surface area (Å²) in [7, 11) is 3.46. The molecule has 5 nitrogen and oxygen atoms in total. The Bertz CT molecular complexity index is 459. The molecule has 0 saturated heterocycles. The lowest BCUT2D eigenvalue weighted by Gasteiger charge is -2.12. The lowest BCUT2D eigenvalue weighted by molar-refractivity contribution is 0.310. The number of rotatable bonds is 7. The summed E-state index contributed by atoms with van der Waals surface area (Å²) in [5.41, 5.74) is 0. The first-order valence-corrected chi connectivity index (χ1v) is 7.47. The largest absolute Gasteiger partial charge is 0.497 e. The second-order valence-electron chi connectivity index (χ2n) is 5.34. The van der Waals surface area contributed by atoms with Crippen LogP contribution in [0.3, 0.4) is 0 Å². The smallest absolute Gasteiger partial charge is 0.191 e. The van der Waals surface area contributed by atoms with Crippen molar-refractivity contribution in [3.05, 3.63) is 24.3 Å². The van der Waals surface area contributed by atoms with Gasteiger partial charge in [0.15, 0.2) is 5.96 Å². The monoisotopic (exact) mass is 291 g/mol. The van der Waals surface area contributed by atoms with E-state index < -0.39 is 0 Å². The minimum atomic E-state index is 0.590. The van der Waals surface area contributed by atoms with Crippen molar-refractivity contribution in [1.29, 1.82) is 0 Å². The van der Waals surface area contributed by atoms with Crippen molar-refractivity contribution in [2.24, 2.45) is 10.9 Å². The zero-order valence-electron chi connectivity index (χ0n) is 13.1. The third kappa shape index (κ3) is 5.17. The maximum absolute atomic E-state index is 5.68.